The van der Waals surface area contributed by atoms with Crippen molar-refractivity contribution in [3.63, 3.8) is 0 Å². The Morgan fingerprint density at radius 1 is 1.14 bits per heavy atom. The number of hydrogen-bond donors (Lipinski definition) is 3. The Bertz CT molecular complexity index is 646. The highest BCUT2D eigenvalue weighted by Gasteiger charge is 2.14. The SMILES string of the molecule is CNC(=O)c1ccc(NC(=O)c2n[nH]c(C(C)C)n2)cc1. The van der Waals surface area contributed by atoms with E-state index in [1.807, 2.05) is 13.8 Å². The van der Waals surface area contributed by atoms with Crippen LogP contribution in [0.4, 0.5) is 5.69 Å². The van der Waals surface area contributed by atoms with E-state index >= 15 is 0 Å². The van der Waals surface area contributed by atoms with E-state index in [1.54, 1.807) is 31.3 Å². The van der Waals surface area contributed by atoms with Gasteiger partial charge in [0.1, 0.15) is 5.82 Å². The molecule has 0 saturated heterocycles. The molecule has 0 aliphatic rings. The number of carbonyl (C=O) groups excluding carboxylic acids is 2. The van der Waals surface area contributed by atoms with Gasteiger partial charge in [-0.1, -0.05) is 13.8 Å². The Kier molecular flexibility index (Phi) is 4.32. The van der Waals surface area contributed by atoms with Gasteiger partial charge in [-0.15, -0.1) is 5.10 Å². The first-order valence-corrected chi connectivity index (χ1v) is 6.57. The number of anilines is 1. The minimum absolute atomic E-state index is 0.0917. The highest BCUT2D eigenvalue weighted by atomic mass is 16.2. The normalized spacial score (nSPS) is 10.5. The average Bonchev–Trinajstić information content (AvgIpc) is 2.97. The molecule has 2 aromatic rings. The van der Waals surface area contributed by atoms with Gasteiger partial charge in [0, 0.05) is 24.2 Å². The fraction of sp³-hybridized carbons (Fsp3) is 0.286. The number of hydrogen-bond acceptors (Lipinski definition) is 4. The van der Waals surface area contributed by atoms with Crippen LogP contribution in [0.25, 0.3) is 0 Å². The summed E-state index contributed by atoms with van der Waals surface area (Å²) >= 11 is 0. The number of nitrogens with one attached hydrogen (secondary N) is 3. The highest BCUT2D eigenvalue weighted by molar-refractivity contribution is 6.02. The number of nitrogens with zero attached hydrogens (tertiary/aromatic N) is 2. The van der Waals surface area contributed by atoms with E-state index in [0.717, 1.165) is 0 Å². The number of benzene rings is 1. The first kappa shape index (κ1) is 14.7. The maximum Gasteiger partial charge on any atom is 0.295 e. The molecule has 1 aromatic heterocycles. The summed E-state index contributed by atoms with van der Waals surface area (Å²) in [6, 6.07) is 6.56. The maximum atomic E-state index is 12.0. The van der Waals surface area contributed by atoms with Gasteiger partial charge in [0.2, 0.25) is 5.82 Å². The predicted octanol–water partition coefficient (Wildman–Crippen LogP) is 1.54. The van der Waals surface area contributed by atoms with Gasteiger partial charge in [-0.3, -0.25) is 14.7 Å². The Hall–Kier alpha value is -2.70. The summed E-state index contributed by atoms with van der Waals surface area (Å²) in [6.45, 7) is 3.92. The van der Waals surface area contributed by atoms with E-state index in [4.69, 9.17) is 0 Å². The number of H-pyrrole nitrogens is 1. The van der Waals surface area contributed by atoms with Gasteiger partial charge < -0.3 is 10.6 Å². The Morgan fingerprint density at radius 2 is 1.81 bits per heavy atom. The van der Waals surface area contributed by atoms with E-state index in [2.05, 4.69) is 25.8 Å². The van der Waals surface area contributed by atoms with Crippen LogP contribution in [-0.2, 0) is 0 Å². The molecule has 0 saturated carbocycles. The minimum Gasteiger partial charge on any atom is -0.355 e. The van der Waals surface area contributed by atoms with Gasteiger partial charge in [0.05, 0.1) is 0 Å². The molecule has 0 atom stereocenters. The monoisotopic (exact) mass is 287 g/mol. The van der Waals surface area contributed by atoms with E-state index < -0.39 is 5.91 Å². The number of carbonyl (C=O) groups is 2. The molecule has 0 bridgehead atoms. The summed E-state index contributed by atoms with van der Waals surface area (Å²) in [5.74, 6) is 0.351. The quantitative estimate of drug-likeness (QED) is 0.794. The van der Waals surface area contributed by atoms with Gasteiger partial charge in [0.25, 0.3) is 11.8 Å². The smallest absolute Gasteiger partial charge is 0.295 e. The van der Waals surface area contributed by atoms with Crippen molar-refractivity contribution in [1.82, 2.24) is 20.5 Å². The largest absolute Gasteiger partial charge is 0.355 e. The van der Waals surface area contributed by atoms with Gasteiger partial charge >= 0.3 is 0 Å². The summed E-state index contributed by atoms with van der Waals surface area (Å²) in [5, 5.41) is 11.8. The molecule has 1 heterocycles. The zero-order chi connectivity index (χ0) is 15.4. The van der Waals surface area contributed by atoms with Crippen molar-refractivity contribution in [2.75, 3.05) is 12.4 Å². The molecule has 2 amide bonds. The lowest BCUT2D eigenvalue weighted by atomic mass is 10.2. The number of aromatic nitrogens is 3. The Morgan fingerprint density at radius 3 is 2.33 bits per heavy atom. The summed E-state index contributed by atoms with van der Waals surface area (Å²) < 4.78 is 0. The molecule has 7 nitrogen and oxygen atoms in total. The van der Waals surface area contributed by atoms with Crippen molar-refractivity contribution in [2.45, 2.75) is 19.8 Å². The first-order chi connectivity index (χ1) is 10.0. The van der Waals surface area contributed by atoms with E-state index in [-0.39, 0.29) is 17.6 Å². The molecule has 21 heavy (non-hydrogen) atoms. The second-order valence-corrected chi connectivity index (χ2v) is 4.81. The van der Waals surface area contributed by atoms with Crippen molar-refractivity contribution in [2.24, 2.45) is 0 Å². The second-order valence-electron chi connectivity index (χ2n) is 4.81. The van der Waals surface area contributed by atoms with Crippen LogP contribution < -0.4 is 10.6 Å². The van der Waals surface area contributed by atoms with E-state index in [1.165, 1.54) is 0 Å². The molecule has 0 radical (unpaired) electrons. The fourth-order valence-electron chi connectivity index (χ4n) is 1.67. The number of rotatable bonds is 4. The van der Waals surface area contributed by atoms with Gasteiger partial charge in [-0.25, -0.2) is 4.98 Å². The lowest BCUT2D eigenvalue weighted by Gasteiger charge is -2.04. The standard InChI is InChI=1S/C14H17N5O2/c1-8(2)11-17-12(19-18-11)14(21)16-10-6-4-9(5-7-10)13(20)15-3/h4-8H,1-3H3,(H,15,20)(H,16,21)(H,17,18,19). The molecule has 0 fully saturated rings. The summed E-state index contributed by atoms with van der Waals surface area (Å²) in [4.78, 5) is 27.5. The van der Waals surface area contributed by atoms with Crippen LogP contribution in [0.5, 0.6) is 0 Å². The Balaban J connectivity index is 2.06. The fourth-order valence-corrected chi connectivity index (χ4v) is 1.67. The molecule has 2 rings (SSSR count). The van der Waals surface area contributed by atoms with E-state index in [9.17, 15) is 9.59 Å². The molecule has 0 aliphatic heterocycles. The highest BCUT2D eigenvalue weighted by Crippen LogP contribution is 2.12. The van der Waals surface area contributed by atoms with Gasteiger partial charge in [-0.05, 0) is 24.3 Å². The predicted molar refractivity (Wildman–Crippen MR) is 78.3 cm³/mol. The summed E-state index contributed by atoms with van der Waals surface area (Å²) in [7, 11) is 1.56. The topological polar surface area (TPSA) is 99.8 Å². The van der Waals surface area contributed by atoms with Crippen LogP contribution in [0.15, 0.2) is 24.3 Å². The number of aromatic amines is 1. The van der Waals surface area contributed by atoms with Gasteiger partial charge in [0.15, 0.2) is 0 Å². The van der Waals surface area contributed by atoms with Crippen molar-refractivity contribution >= 4 is 17.5 Å². The molecule has 7 heteroatoms. The molecule has 3 N–H and O–H groups in total. The Labute approximate surface area is 122 Å². The third-order valence-electron chi connectivity index (χ3n) is 2.88. The molecule has 0 spiro atoms. The number of amides is 2. The van der Waals surface area contributed by atoms with Crippen LogP contribution in [0.1, 0.15) is 46.6 Å². The lowest BCUT2D eigenvalue weighted by molar-refractivity contribution is 0.0962. The second kappa shape index (κ2) is 6.17. The maximum absolute atomic E-state index is 12.0. The van der Waals surface area contributed by atoms with Crippen LogP contribution in [0.2, 0.25) is 0 Å². The van der Waals surface area contributed by atoms with Gasteiger partial charge in [-0.2, -0.15) is 0 Å². The van der Waals surface area contributed by atoms with Crippen LogP contribution in [-0.4, -0.2) is 34.0 Å². The molecular formula is C14H17N5O2. The minimum atomic E-state index is -0.397. The van der Waals surface area contributed by atoms with Crippen molar-refractivity contribution in [3.05, 3.63) is 41.5 Å². The summed E-state index contributed by atoms with van der Waals surface area (Å²) in [5.41, 5.74) is 1.10. The van der Waals surface area contributed by atoms with Crippen LogP contribution in [0, 0.1) is 0 Å². The first-order valence-electron chi connectivity index (χ1n) is 6.57. The lowest BCUT2D eigenvalue weighted by Crippen LogP contribution is -2.18. The van der Waals surface area contributed by atoms with Crippen molar-refractivity contribution in [1.29, 1.82) is 0 Å². The van der Waals surface area contributed by atoms with Crippen molar-refractivity contribution < 1.29 is 9.59 Å². The van der Waals surface area contributed by atoms with Crippen LogP contribution >= 0.6 is 0 Å². The molecule has 1 aromatic carbocycles. The van der Waals surface area contributed by atoms with Crippen LogP contribution in [0.3, 0.4) is 0 Å². The van der Waals surface area contributed by atoms with Crippen molar-refractivity contribution in [3.8, 4) is 0 Å². The average molecular weight is 287 g/mol. The third-order valence-corrected chi connectivity index (χ3v) is 2.88. The summed E-state index contributed by atoms with van der Waals surface area (Å²) in [6.07, 6.45) is 0. The van der Waals surface area contributed by atoms with E-state index in [0.29, 0.717) is 17.1 Å². The molecule has 0 aliphatic carbocycles. The zero-order valence-electron chi connectivity index (χ0n) is 12.1. The molecule has 0 unspecified atom stereocenters. The molecule has 110 valence electrons. The zero-order valence-corrected chi connectivity index (χ0v) is 12.1. The third kappa shape index (κ3) is 3.44. The molecular weight excluding hydrogens is 270 g/mol.